The lowest BCUT2D eigenvalue weighted by molar-refractivity contribution is 0.0991. The zero-order valence-electron chi connectivity index (χ0n) is 18.5. The Hall–Kier alpha value is -3.38. The minimum absolute atomic E-state index is 0.0798. The summed E-state index contributed by atoms with van der Waals surface area (Å²) in [7, 11) is 4.14. The van der Waals surface area contributed by atoms with E-state index in [1.807, 2.05) is 42.2 Å². The van der Waals surface area contributed by atoms with Crippen LogP contribution in [0.3, 0.4) is 0 Å². The number of hydrogen-bond donors (Lipinski definition) is 0. The van der Waals surface area contributed by atoms with Crippen molar-refractivity contribution in [2.24, 2.45) is 7.05 Å². The third-order valence-electron chi connectivity index (χ3n) is 6.47. The molecule has 3 aromatic heterocycles. The van der Waals surface area contributed by atoms with Crippen LogP contribution in [0, 0.1) is 0 Å². The van der Waals surface area contributed by atoms with Crippen LogP contribution < -0.4 is 0 Å². The third kappa shape index (κ3) is 4.18. The Morgan fingerprint density at radius 1 is 1.00 bits per heavy atom. The molecule has 0 amide bonds. The number of fused-ring (bicyclic) bond motifs is 1. The van der Waals surface area contributed by atoms with Gasteiger partial charge in [-0.1, -0.05) is 12.1 Å². The number of benzene rings is 1. The van der Waals surface area contributed by atoms with E-state index in [9.17, 15) is 4.79 Å². The number of piperidine rings is 1. The molecule has 0 N–H and O–H groups in total. The molecular weight excluding hydrogens is 398 g/mol. The van der Waals surface area contributed by atoms with Crippen molar-refractivity contribution in [3.8, 4) is 11.3 Å². The number of imidazole rings is 1. The molecule has 1 aliphatic heterocycles. The number of rotatable bonds is 5. The summed E-state index contributed by atoms with van der Waals surface area (Å²) in [5.74, 6) is 0.513. The molecule has 0 atom stereocenters. The number of likely N-dealkylation sites (tertiary alicyclic amines) is 1. The first-order chi connectivity index (χ1) is 15.6. The SMILES string of the molecule is CN1CCC(c2cc(C(=O)Cc3cc4cc(-c5cncn5C)ccc4cn3)ccn2)CC1. The summed E-state index contributed by atoms with van der Waals surface area (Å²) in [6.45, 7) is 2.15. The number of hydrogen-bond acceptors (Lipinski definition) is 5. The number of Topliss-reactive ketones (excluding diaryl/α,β-unsaturated/α-hetero) is 1. The Balaban J connectivity index is 1.36. The number of ketones is 1. The van der Waals surface area contributed by atoms with Gasteiger partial charge in [0.15, 0.2) is 5.78 Å². The van der Waals surface area contributed by atoms with Gasteiger partial charge in [0.05, 0.1) is 24.6 Å². The lowest BCUT2D eigenvalue weighted by Gasteiger charge is -2.28. The lowest BCUT2D eigenvalue weighted by atomic mass is 9.92. The zero-order valence-corrected chi connectivity index (χ0v) is 18.5. The maximum absolute atomic E-state index is 13.0. The molecule has 1 fully saturated rings. The van der Waals surface area contributed by atoms with Crippen LogP contribution in [0.15, 0.2) is 61.3 Å². The summed E-state index contributed by atoms with van der Waals surface area (Å²) in [6, 6.07) is 12.1. The van der Waals surface area contributed by atoms with Gasteiger partial charge < -0.3 is 9.47 Å². The highest BCUT2D eigenvalue weighted by Crippen LogP contribution is 2.27. The van der Waals surface area contributed by atoms with E-state index in [0.717, 1.165) is 64.9 Å². The molecule has 162 valence electrons. The minimum atomic E-state index is 0.0798. The average molecular weight is 426 g/mol. The van der Waals surface area contributed by atoms with Crippen molar-refractivity contribution in [3.63, 3.8) is 0 Å². The summed E-state index contributed by atoms with van der Waals surface area (Å²) in [5.41, 5.74) is 4.69. The fraction of sp³-hybridized carbons (Fsp3) is 0.308. The van der Waals surface area contributed by atoms with E-state index >= 15 is 0 Å². The molecule has 5 rings (SSSR count). The molecule has 0 saturated carbocycles. The molecule has 0 unspecified atom stereocenters. The molecule has 0 radical (unpaired) electrons. The van der Waals surface area contributed by atoms with Crippen LogP contribution in [0.1, 0.15) is 40.5 Å². The van der Waals surface area contributed by atoms with E-state index in [1.54, 1.807) is 12.5 Å². The molecule has 4 heterocycles. The number of nitrogens with zero attached hydrogens (tertiary/aromatic N) is 5. The molecule has 6 heteroatoms. The van der Waals surface area contributed by atoms with E-state index in [2.05, 4.69) is 45.1 Å². The van der Waals surface area contributed by atoms with E-state index in [-0.39, 0.29) is 12.2 Å². The van der Waals surface area contributed by atoms with Gasteiger partial charge in [0.1, 0.15) is 0 Å². The van der Waals surface area contributed by atoms with Gasteiger partial charge in [-0.25, -0.2) is 4.98 Å². The number of pyridine rings is 2. The van der Waals surface area contributed by atoms with E-state index in [1.165, 1.54) is 0 Å². The summed E-state index contributed by atoms with van der Waals surface area (Å²) in [5, 5.41) is 2.13. The summed E-state index contributed by atoms with van der Waals surface area (Å²) < 4.78 is 2.00. The number of aryl methyl sites for hydroxylation is 1. The van der Waals surface area contributed by atoms with Crippen LogP contribution in [0.4, 0.5) is 0 Å². The Labute approximate surface area is 188 Å². The van der Waals surface area contributed by atoms with Crippen LogP contribution in [-0.2, 0) is 13.5 Å². The molecule has 1 saturated heterocycles. The number of aromatic nitrogens is 4. The van der Waals surface area contributed by atoms with Gasteiger partial charge in [-0.15, -0.1) is 0 Å². The molecule has 1 aromatic carbocycles. The second-order valence-electron chi connectivity index (χ2n) is 8.77. The van der Waals surface area contributed by atoms with Crippen LogP contribution in [0.25, 0.3) is 22.0 Å². The van der Waals surface area contributed by atoms with Crippen molar-refractivity contribution < 1.29 is 4.79 Å². The van der Waals surface area contributed by atoms with Crippen LogP contribution in [0.2, 0.25) is 0 Å². The molecule has 4 aromatic rings. The van der Waals surface area contributed by atoms with Gasteiger partial charge in [-0.3, -0.25) is 14.8 Å². The lowest BCUT2D eigenvalue weighted by Crippen LogP contribution is -2.29. The molecule has 0 bridgehead atoms. The van der Waals surface area contributed by atoms with Crippen LogP contribution in [-0.4, -0.2) is 50.3 Å². The highest BCUT2D eigenvalue weighted by atomic mass is 16.1. The molecule has 1 aliphatic rings. The van der Waals surface area contributed by atoms with Gasteiger partial charge in [0.2, 0.25) is 0 Å². The second-order valence-corrected chi connectivity index (χ2v) is 8.77. The van der Waals surface area contributed by atoms with Gasteiger partial charge in [0.25, 0.3) is 0 Å². The van der Waals surface area contributed by atoms with E-state index < -0.39 is 0 Å². The van der Waals surface area contributed by atoms with Crippen molar-refractivity contribution in [1.29, 1.82) is 0 Å². The van der Waals surface area contributed by atoms with Gasteiger partial charge in [-0.05, 0) is 62.6 Å². The fourth-order valence-corrected chi connectivity index (χ4v) is 4.49. The smallest absolute Gasteiger partial charge is 0.168 e. The highest BCUT2D eigenvalue weighted by molar-refractivity contribution is 5.98. The average Bonchev–Trinajstić information content (AvgIpc) is 3.25. The maximum Gasteiger partial charge on any atom is 0.168 e. The van der Waals surface area contributed by atoms with Crippen molar-refractivity contribution in [2.75, 3.05) is 20.1 Å². The maximum atomic E-state index is 13.0. The second kappa shape index (κ2) is 8.63. The topological polar surface area (TPSA) is 63.9 Å². The first-order valence-corrected chi connectivity index (χ1v) is 11.1. The Bertz CT molecular complexity index is 1270. The molecular formula is C26H27N5O. The van der Waals surface area contributed by atoms with Crippen LogP contribution >= 0.6 is 0 Å². The van der Waals surface area contributed by atoms with Gasteiger partial charge in [0, 0.05) is 53.3 Å². The fourth-order valence-electron chi connectivity index (χ4n) is 4.49. The monoisotopic (exact) mass is 425 g/mol. The highest BCUT2D eigenvalue weighted by Gasteiger charge is 2.20. The molecule has 32 heavy (non-hydrogen) atoms. The first-order valence-electron chi connectivity index (χ1n) is 11.1. The molecule has 0 aliphatic carbocycles. The minimum Gasteiger partial charge on any atom is -0.334 e. The summed E-state index contributed by atoms with van der Waals surface area (Å²) >= 11 is 0. The Morgan fingerprint density at radius 3 is 2.62 bits per heavy atom. The molecule has 6 nitrogen and oxygen atoms in total. The zero-order chi connectivity index (χ0) is 22.1. The van der Waals surface area contributed by atoms with Crippen LogP contribution in [0.5, 0.6) is 0 Å². The van der Waals surface area contributed by atoms with Crippen molar-refractivity contribution in [2.45, 2.75) is 25.2 Å². The predicted octanol–water partition coefficient (Wildman–Crippen LogP) is 4.26. The van der Waals surface area contributed by atoms with Gasteiger partial charge in [-0.2, -0.15) is 0 Å². The Kier molecular flexibility index (Phi) is 5.53. The number of carbonyl (C=O) groups is 1. The Morgan fingerprint density at radius 2 is 1.84 bits per heavy atom. The normalized spacial score (nSPS) is 15.3. The van der Waals surface area contributed by atoms with Gasteiger partial charge >= 0.3 is 0 Å². The standard InChI is InChI=1S/C26H27N5O/c1-30-9-6-18(7-10-30)24-13-20(5-8-28-24)26(32)14-23-12-22-11-19(3-4-21(22)15-29-23)25-16-27-17-31(25)2/h3-5,8,11-13,15-18H,6-7,9-10,14H2,1-2H3. The van der Waals surface area contributed by atoms with Crippen molar-refractivity contribution in [3.05, 3.63) is 78.3 Å². The van der Waals surface area contributed by atoms with Crippen molar-refractivity contribution >= 4 is 16.6 Å². The number of carbonyl (C=O) groups excluding carboxylic acids is 1. The summed E-state index contributed by atoms with van der Waals surface area (Å²) in [6.07, 6.45) is 9.74. The molecule has 0 spiro atoms. The van der Waals surface area contributed by atoms with E-state index in [0.29, 0.717) is 5.92 Å². The first kappa shape index (κ1) is 20.5. The summed E-state index contributed by atoms with van der Waals surface area (Å²) in [4.78, 5) is 28.7. The third-order valence-corrected chi connectivity index (χ3v) is 6.47. The quantitative estimate of drug-likeness (QED) is 0.447. The predicted molar refractivity (Wildman–Crippen MR) is 126 cm³/mol. The van der Waals surface area contributed by atoms with E-state index in [4.69, 9.17) is 0 Å². The largest absolute Gasteiger partial charge is 0.334 e. The van der Waals surface area contributed by atoms with Crippen molar-refractivity contribution in [1.82, 2.24) is 24.4 Å².